The summed E-state index contributed by atoms with van der Waals surface area (Å²) in [5.41, 5.74) is -7.23. The van der Waals surface area contributed by atoms with Gasteiger partial charge in [-0.3, -0.25) is 4.98 Å². The minimum Gasteiger partial charge on any atom is -0.387 e. The molecule has 15 heteroatoms. The first-order chi connectivity index (χ1) is 14.1. The van der Waals surface area contributed by atoms with E-state index in [1.165, 1.54) is 6.07 Å². The fourth-order valence-electron chi connectivity index (χ4n) is 2.36. The molecule has 2 rings (SSSR count). The van der Waals surface area contributed by atoms with Gasteiger partial charge in [0.15, 0.2) is 5.69 Å². The van der Waals surface area contributed by atoms with Crippen molar-refractivity contribution in [2.24, 2.45) is 5.92 Å². The standard InChI is InChI=1S/C16H9F9N4O2/c17-14(18,19)9-1-6(2-10(29-9)15(20,21)22)12(30)7(3-26)13(31)8-4-28-11(5-27-8)16(23,24)25/h1-2,4-5,7,12-13,30-31H. The molecule has 2 aromatic rings. The second kappa shape index (κ2) is 8.27. The summed E-state index contributed by atoms with van der Waals surface area (Å²) in [7, 11) is 0. The topological polar surface area (TPSA) is 103 Å². The van der Waals surface area contributed by atoms with Crippen molar-refractivity contribution in [1.29, 1.82) is 5.26 Å². The first kappa shape index (κ1) is 24.3. The van der Waals surface area contributed by atoms with E-state index < -0.39 is 65.0 Å². The van der Waals surface area contributed by atoms with Crippen molar-refractivity contribution < 1.29 is 49.7 Å². The van der Waals surface area contributed by atoms with E-state index in [0.29, 0.717) is 6.20 Å². The van der Waals surface area contributed by atoms with Crippen LogP contribution < -0.4 is 0 Å². The van der Waals surface area contributed by atoms with Crippen LogP contribution in [0.2, 0.25) is 0 Å². The second-order valence-corrected chi connectivity index (χ2v) is 6.04. The third-order valence-electron chi connectivity index (χ3n) is 3.86. The zero-order chi connectivity index (χ0) is 23.8. The smallest absolute Gasteiger partial charge is 0.387 e. The number of nitriles is 1. The predicted octanol–water partition coefficient (Wildman–Crippen LogP) is 3.83. The Hall–Kier alpha value is -2.99. The minimum absolute atomic E-state index is 0.0510. The van der Waals surface area contributed by atoms with Gasteiger partial charge in [0.05, 0.1) is 30.3 Å². The van der Waals surface area contributed by atoms with Crippen LogP contribution in [0, 0.1) is 17.2 Å². The number of hydrogen-bond donors (Lipinski definition) is 2. The Morgan fingerprint density at radius 1 is 0.742 bits per heavy atom. The van der Waals surface area contributed by atoms with Gasteiger partial charge in [-0.15, -0.1) is 0 Å². The van der Waals surface area contributed by atoms with Gasteiger partial charge < -0.3 is 10.2 Å². The number of rotatable bonds is 4. The largest absolute Gasteiger partial charge is 0.434 e. The Labute approximate surface area is 166 Å². The highest BCUT2D eigenvalue weighted by Crippen LogP contribution is 2.38. The van der Waals surface area contributed by atoms with Crippen molar-refractivity contribution in [3.8, 4) is 6.07 Å². The van der Waals surface area contributed by atoms with Crippen molar-refractivity contribution in [3.05, 3.63) is 52.9 Å². The SMILES string of the molecule is N#CC(C(O)c1cc(C(F)(F)F)nc(C(F)(F)F)c1)C(O)c1cnc(C(F)(F)F)cn1. The lowest BCUT2D eigenvalue weighted by molar-refractivity contribution is -0.150. The molecule has 2 N–H and O–H groups in total. The van der Waals surface area contributed by atoms with E-state index in [-0.39, 0.29) is 18.3 Å². The Morgan fingerprint density at radius 2 is 1.23 bits per heavy atom. The third-order valence-corrected chi connectivity index (χ3v) is 3.86. The summed E-state index contributed by atoms with van der Waals surface area (Å²) in [6.45, 7) is 0. The normalized spacial score (nSPS) is 15.8. The van der Waals surface area contributed by atoms with Gasteiger partial charge in [-0.2, -0.15) is 44.8 Å². The molecule has 0 saturated carbocycles. The van der Waals surface area contributed by atoms with Crippen molar-refractivity contribution in [1.82, 2.24) is 15.0 Å². The summed E-state index contributed by atoms with van der Waals surface area (Å²) in [5.74, 6) is -2.12. The molecule has 0 fully saturated rings. The van der Waals surface area contributed by atoms with Gasteiger partial charge in [0.2, 0.25) is 0 Å². The molecule has 3 unspecified atom stereocenters. The zero-order valence-corrected chi connectivity index (χ0v) is 14.6. The van der Waals surface area contributed by atoms with Crippen molar-refractivity contribution in [2.75, 3.05) is 0 Å². The van der Waals surface area contributed by atoms with E-state index in [9.17, 15) is 55.0 Å². The van der Waals surface area contributed by atoms with Crippen LogP contribution in [0.1, 0.15) is 40.5 Å². The molecule has 0 aliphatic heterocycles. The number of pyridine rings is 1. The molecular weight excluding hydrogens is 451 g/mol. The van der Waals surface area contributed by atoms with Gasteiger partial charge in [-0.1, -0.05) is 0 Å². The summed E-state index contributed by atoms with van der Waals surface area (Å²) >= 11 is 0. The van der Waals surface area contributed by atoms with Crippen LogP contribution in [-0.2, 0) is 18.5 Å². The van der Waals surface area contributed by atoms with Gasteiger partial charge in [-0.05, 0) is 17.7 Å². The molecular formula is C16H9F9N4O2. The van der Waals surface area contributed by atoms with Crippen molar-refractivity contribution in [2.45, 2.75) is 30.7 Å². The molecule has 0 aromatic carbocycles. The maximum atomic E-state index is 12.9. The van der Waals surface area contributed by atoms with E-state index in [1.54, 1.807) is 0 Å². The lowest BCUT2D eigenvalue weighted by Gasteiger charge is -2.23. The Morgan fingerprint density at radius 3 is 1.58 bits per heavy atom. The van der Waals surface area contributed by atoms with Crippen LogP contribution in [0.25, 0.3) is 0 Å². The van der Waals surface area contributed by atoms with Crippen molar-refractivity contribution in [3.63, 3.8) is 0 Å². The number of alkyl halides is 9. The summed E-state index contributed by atoms with van der Waals surface area (Å²) in [6, 6.07) is 1.39. The number of aliphatic hydroxyl groups is 2. The molecule has 0 saturated heterocycles. The minimum atomic E-state index is -5.34. The number of nitrogens with zero attached hydrogens (tertiary/aromatic N) is 4. The quantitative estimate of drug-likeness (QED) is 0.673. The Balaban J connectivity index is 2.45. The molecule has 0 amide bonds. The van der Waals surface area contributed by atoms with E-state index in [4.69, 9.17) is 0 Å². The van der Waals surface area contributed by atoms with E-state index in [1.807, 2.05) is 0 Å². The fraction of sp³-hybridized carbons (Fsp3) is 0.375. The summed E-state index contributed by atoms with van der Waals surface area (Å²) in [4.78, 5) is 8.65. The first-order valence-electron chi connectivity index (χ1n) is 7.87. The van der Waals surface area contributed by atoms with Crippen LogP contribution in [0.4, 0.5) is 39.5 Å². The highest BCUT2D eigenvalue weighted by Gasteiger charge is 2.41. The molecule has 6 nitrogen and oxygen atoms in total. The molecule has 0 radical (unpaired) electrons. The monoisotopic (exact) mass is 460 g/mol. The molecule has 0 aliphatic carbocycles. The lowest BCUT2D eigenvalue weighted by atomic mass is 9.90. The number of aromatic nitrogens is 3. The summed E-state index contributed by atoms with van der Waals surface area (Å²) < 4.78 is 115. The molecule has 3 atom stereocenters. The molecule has 2 aromatic heterocycles. The Kier molecular flexibility index (Phi) is 6.48. The van der Waals surface area contributed by atoms with E-state index >= 15 is 0 Å². The van der Waals surface area contributed by atoms with Crippen LogP contribution in [0.3, 0.4) is 0 Å². The maximum absolute atomic E-state index is 12.9. The highest BCUT2D eigenvalue weighted by atomic mass is 19.4. The number of halogens is 9. The van der Waals surface area contributed by atoms with E-state index in [0.717, 1.165) is 0 Å². The first-order valence-corrected chi connectivity index (χ1v) is 7.87. The lowest BCUT2D eigenvalue weighted by Crippen LogP contribution is -2.23. The molecule has 0 bridgehead atoms. The van der Waals surface area contributed by atoms with Crippen molar-refractivity contribution >= 4 is 0 Å². The Bertz CT molecular complexity index is 933. The van der Waals surface area contributed by atoms with Gasteiger partial charge in [-0.25, -0.2) is 9.97 Å². The summed E-state index contributed by atoms with van der Waals surface area (Å²) in [5, 5.41) is 29.5. The van der Waals surface area contributed by atoms with Gasteiger partial charge in [0.1, 0.15) is 23.4 Å². The fourth-order valence-corrected chi connectivity index (χ4v) is 2.36. The number of hydrogen-bond acceptors (Lipinski definition) is 6. The van der Waals surface area contributed by atoms with Crippen LogP contribution in [-0.4, -0.2) is 25.2 Å². The number of aliphatic hydroxyl groups excluding tert-OH is 2. The average molecular weight is 460 g/mol. The molecule has 168 valence electrons. The van der Waals surface area contributed by atoms with Gasteiger partial charge in [0.25, 0.3) is 0 Å². The molecule has 0 spiro atoms. The van der Waals surface area contributed by atoms with E-state index in [2.05, 4.69) is 15.0 Å². The van der Waals surface area contributed by atoms with Crippen LogP contribution >= 0.6 is 0 Å². The highest BCUT2D eigenvalue weighted by molar-refractivity contribution is 5.29. The van der Waals surface area contributed by atoms with Crippen LogP contribution in [0.15, 0.2) is 24.5 Å². The average Bonchev–Trinajstić information content (AvgIpc) is 2.66. The zero-order valence-electron chi connectivity index (χ0n) is 14.6. The van der Waals surface area contributed by atoms with Gasteiger partial charge >= 0.3 is 18.5 Å². The maximum Gasteiger partial charge on any atom is 0.434 e. The third kappa shape index (κ3) is 5.58. The summed E-state index contributed by atoms with van der Waals surface area (Å²) in [6.07, 6.45) is -19.6. The van der Waals surface area contributed by atoms with Crippen LogP contribution in [0.5, 0.6) is 0 Å². The molecule has 31 heavy (non-hydrogen) atoms. The molecule has 2 heterocycles. The second-order valence-electron chi connectivity index (χ2n) is 6.04. The predicted molar refractivity (Wildman–Crippen MR) is 80.3 cm³/mol. The molecule has 0 aliphatic rings. The van der Waals surface area contributed by atoms with Gasteiger partial charge in [0, 0.05) is 0 Å².